The standard InChI is InChI=1S/C11H12ClNO/c1-8(13)3-4-9-5-6-11(14-2)10(12)7-9/h5-8H,13H2,1-2H3. The average molecular weight is 210 g/mol. The Balaban J connectivity index is 2.94. The maximum atomic E-state index is 5.92. The van der Waals surface area contributed by atoms with Gasteiger partial charge in [-0.3, -0.25) is 0 Å². The zero-order valence-corrected chi connectivity index (χ0v) is 8.93. The predicted molar refractivity (Wildman–Crippen MR) is 58.5 cm³/mol. The first-order chi connectivity index (χ1) is 6.63. The summed E-state index contributed by atoms with van der Waals surface area (Å²) in [6.45, 7) is 1.83. The smallest absolute Gasteiger partial charge is 0.137 e. The number of rotatable bonds is 1. The van der Waals surface area contributed by atoms with E-state index < -0.39 is 0 Å². The van der Waals surface area contributed by atoms with E-state index in [0.29, 0.717) is 10.8 Å². The first-order valence-corrected chi connectivity index (χ1v) is 4.62. The number of halogens is 1. The molecule has 14 heavy (non-hydrogen) atoms. The van der Waals surface area contributed by atoms with Crippen LogP contribution in [0.5, 0.6) is 5.75 Å². The minimum absolute atomic E-state index is 0.129. The van der Waals surface area contributed by atoms with E-state index in [0.717, 1.165) is 5.56 Å². The molecule has 2 nitrogen and oxygen atoms in total. The van der Waals surface area contributed by atoms with E-state index in [4.69, 9.17) is 22.1 Å². The number of nitrogens with two attached hydrogens (primary N) is 1. The van der Waals surface area contributed by atoms with Gasteiger partial charge in [0.15, 0.2) is 0 Å². The third-order valence-corrected chi connectivity index (χ3v) is 1.89. The van der Waals surface area contributed by atoms with Gasteiger partial charge in [-0.1, -0.05) is 23.4 Å². The largest absolute Gasteiger partial charge is 0.495 e. The Morgan fingerprint density at radius 1 is 1.50 bits per heavy atom. The van der Waals surface area contributed by atoms with Crippen molar-refractivity contribution in [1.29, 1.82) is 0 Å². The second kappa shape index (κ2) is 4.90. The average Bonchev–Trinajstić information content (AvgIpc) is 2.15. The maximum Gasteiger partial charge on any atom is 0.137 e. The number of ether oxygens (including phenoxy) is 1. The van der Waals surface area contributed by atoms with Crippen LogP contribution in [0.25, 0.3) is 0 Å². The molecule has 0 saturated heterocycles. The Kier molecular flexibility index (Phi) is 3.82. The molecule has 0 saturated carbocycles. The van der Waals surface area contributed by atoms with Crippen molar-refractivity contribution in [3.8, 4) is 17.6 Å². The van der Waals surface area contributed by atoms with Crippen molar-refractivity contribution in [2.24, 2.45) is 5.73 Å². The Morgan fingerprint density at radius 3 is 2.71 bits per heavy atom. The molecule has 0 aliphatic heterocycles. The van der Waals surface area contributed by atoms with E-state index in [9.17, 15) is 0 Å². The van der Waals surface area contributed by atoms with Crippen molar-refractivity contribution in [2.45, 2.75) is 13.0 Å². The second-order valence-corrected chi connectivity index (χ2v) is 3.31. The third-order valence-electron chi connectivity index (χ3n) is 1.60. The highest BCUT2D eigenvalue weighted by molar-refractivity contribution is 6.32. The van der Waals surface area contributed by atoms with Crippen LogP contribution < -0.4 is 10.5 Å². The predicted octanol–water partition coefficient (Wildman–Crippen LogP) is 2.05. The van der Waals surface area contributed by atoms with Gasteiger partial charge in [0.2, 0.25) is 0 Å². The summed E-state index contributed by atoms with van der Waals surface area (Å²) in [5.41, 5.74) is 6.34. The molecular formula is C11H12ClNO. The molecule has 0 radical (unpaired) electrons. The lowest BCUT2D eigenvalue weighted by Gasteiger charge is -2.01. The van der Waals surface area contributed by atoms with Crippen LogP contribution in [0.4, 0.5) is 0 Å². The van der Waals surface area contributed by atoms with E-state index in [1.165, 1.54) is 0 Å². The summed E-state index contributed by atoms with van der Waals surface area (Å²) in [6, 6.07) is 5.26. The lowest BCUT2D eigenvalue weighted by Crippen LogP contribution is -2.10. The summed E-state index contributed by atoms with van der Waals surface area (Å²) in [4.78, 5) is 0. The van der Waals surface area contributed by atoms with Gasteiger partial charge in [-0.25, -0.2) is 0 Å². The molecule has 0 aliphatic carbocycles. The fraction of sp³-hybridized carbons (Fsp3) is 0.273. The molecule has 0 aliphatic rings. The van der Waals surface area contributed by atoms with Crippen LogP contribution in [0.1, 0.15) is 12.5 Å². The van der Waals surface area contributed by atoms with Crippen molar-refractivity contribution in [3.05, 3.63) is 28.8 Å². The minimum atomic E-state index is -0.129. The third kappa shape index (κ3) is 2.95. The quantitative estimate of drug-likeness (QED) is 0.719. The highest BCUT2D eigenvalue weighted by Crippen LogP contribution is 2.24. The van der Waals surface area contributed by atoms with Crippen molar-refractivity contribution < 1.29 is 4.74 Å². The molecule has 0 amide bonds. The molecule has 1 aromatic rings. The summed E-state index contributed by atoms with van der Waals surface area (Å²) in [5, 5.41) is 0.559. The lowest BCUT2D eigenvalue weighted by atomic mass is 10.2. The molecule has 2 N–H and O–H groups in total. The number of hydrogen-bond donors (Lipinski definition) is 1. The van der Waals surface area contributed by atoms with Crippen molar-refractivity contribution in [3.63, 3.8) is 0 Å². The topological polar surface area (TPSA) is 35.2 Å². The van der Waals surface area contributed by atoms with Crippen LogP contribution in [-0.2, 0) is 0 Å². The molecule has 1 aromatic carbocycles. The number of hydrogen-bond acceptors (Lipinski definition) is 2. The van der Waals surface area contributed by atoms with Crippen LogP contribution in [0.2, 0.25) is 5.02 Å². The number of benzene rings is 1. The zero-order valence-electron chi connectivity index (χ0n) is 8.17. The Bertz CT molecular complexity index is 377. The van der Waals surface area contributed by atoms with E-state index in [1.807, 2.05) is 13.0 Å². The Hall–Kier alpha value is -1.17. The van der Waals surface area contributed by atoms with E-state index >= 15 is 0 Å². The fourth-order valence-electron chi connectivity index (χ4n) is 0.941. The van der Waals surface area contributed by atoms with Crippen LogP contribution >= 0.6 is 11.6 Å². The highest BCUT2D eigenvalue weighted by Gasteiger charge is 1.99. The number of methoxy groups -OCH3 is 1. The molecule has 3 heteroatoms. The fourth-order valence-corrected chi connectivity index (χ4v) is 1.20. The van der Waals surface area contributed by atoms with Gasteiger partial charge in [0, 0.05) is 5.56 Å². The van der Waals surface area contributed by atoms with Gasteiger partial charge in [-0.2, -0.15) is 0 Å². The molecule has 0 fully saturated rings. The van der Waals surface area contributed by atoms with E-state index in [-0.39, 0.29) is 6.04 Å². The van der Waals surface area contributed by atoms with E-state index in [1.54, 1.807) is 19.2 Å². The SMILES string of the molecule is COc1ccc(C#CC(C)N)cc1Cl. The highest BCUT2D eigenvalue weighted by atomic mass is 35.5. The first-order valence-electron chi connectivity index (χ1n) is 4.24. The molecule has 0 spiro atoms. The second-order valence-electron chi connectivity index (χ2n) is 2.91. The first kappa shape index (κ1) is 10.9. The molecule has 1 atom stereocenters. The van der Waals surface area contributed by atoms with Crippen LogP contribution in [0, 0.1) is 11.8 Å². The summed E-state index contributed by atoms with van der Waals surface area (Å²) >= 11 is 5.92. The van der Waals surface area contributed by atoms with Gasteiger partial charge in [0.25, 0.3) is 0 Å². The maximum absolute atomic E-state index is 5.92. The summed E-state index contributed by atoms with van der Waals surface area (Å²) in [5.74, 6) is 6.43. The Morgan fingerprint density at radius 2 is 2.21 bits per heavy atom. The van der Waals surface area contributed by atoms with Gasteiger partial charge >= 0.3 is 0 Å². The molecule has 74 valence electrons. The minimum Gasteiger partial charge on any atom is -0.495 e. The van der Waals surface area contributed by atoms with Gasteiger partial charge in [0.05, 0.1) is 18.2 Å². The molecule has 1 rings (SSSR count). The van der Waals surface area contributed by atoms with Crippen molar-refractivity contribution in [2.75, 3.05) is 7.11 Å². The summed E-state index contributed by atoms with van der Waals surface area (Å²) in [6.07, 6.45) is 0. The summed E-state index contributed by atoms with van der Waals surface area (Å²) in [7, 11) is 1.58. The van der Waals surface area contributed by atoms with Crippen LogP contribution in [0.15, 0.2) is 18.2 Å². The summed E-state index contributed by atoms with van der Waals surface area (Å²) < 4.78 is 5.02. The lowest BCUT2D eigenvalue weighted by molar-refractivity contribution is 0.415. The van der Waals surface area contributed by atoms with Gasteiger partial charge in [0.1, 0.15) is 5.75 Å². The molecular weight excluding hydrogens is 198 g/mol. The van der Waals surface area contributed by atoms with Gasteiger partial charge in [-0.05, 0) is 25.1 Å². The molecule has 1 unspecified atom stereocenters. The molecule has 0 heterocycles. The van der Waals surface area contributed by atoms with Gasteiger partial charge < -0.3 is 10.5 Å². The normalized spacial score (nSPS) is 11.4. The van der Waals surface area contributed by atoms with E-state index in [2.05, 4.69) is 11.8 Å². The van der Waals surface area contributed by atoms with Crippen molar-refractivity contribution in [1.82, 2.24) is 0 Å². The van der Waals surface area contributed by atoms with Gasteiger partial charge in [-0.15, -0.1) is 0 Å². The molecule has 0 bridgehead atoms. The zero-order chi connectivity index (χ0) is 10.6. The monoisotopic (exact) mass is 209 g/mol. The Labute approximate surface area is 89.0 Å². The molecule has 0 aromatic heterocycles. The van der Waals surface area contributed by atoms with Crippen LogP contribution in [-0.4, -0.2) is 13.2 Å². The van der Waals surface area contributed by atoms with Crippen LogP contribution in [0.3, 0.4) is 0 Å². The van der Waals surface area contributed by atoms with Crippen molar-refractivity contribution >= 4 is 11.6 Å².